The molecule has 2 aromatic carbocycles. The van der Waals surface area contributed by atoms with Crippen LogP contribution in [0.25, 0.3) is 0 Å². The summed E-state index contributed by atoms with van der Waals surface area (Å²) in [6.07, 6.45) is 3.85. The number of hydrogen-bond acceptors (Lipinski definition) is 3. The molecule has 0 saturated heterocycles. The van der Waals surface area contributed by atoms with Crippen molar-refractivity contribution in [3.63, 3.8) is 0 Å². The third kappa shape index (κ3) is 4.35. The molecule has 0 N–H and O–H groups in total. The Balaban J connectivity index is 2.12. The lowest BCUT2D eigenvalue weighted by Crippen LogP contribution is -1.98. The summed E-state index contributed by atoms with van der Waals surface area (Å²) < 4.78 is 11.0. The third-order valence-corrected chi connectivity index (χ3v) is 3.36. The second-order valence-corrected chi connectivity index (χ2v) is 5.04. The van der Waals surface area contributed by atoms with E-state index in [2.05, 4.69) is 31.0 Å². The summed E-state index contributed by atoms with van der Waals surface area (Å²) in [6.45, 7) is 4.91. The van der Waals surface area contributed by atoms with Gasteiger partial charge in [-0.05, 0) is 54.3 Å². The highest BCUT2D eigenvalue weighted by Crippen LogP contribution is 2.28. The molecule has 0 unspecified atom stereocenters. The number of methoxy groups -OCH3 is 1. The maximum Gasteiger partial charge on any atom is 0.161 e. The number of aryl methyl sites for hydroxylation is 1. The number of aliphatic imine (C=N–C) groups is 1. The molecule has 0 bridgehead atoms. The second kappa shape index (κ2) is 8.23. The van der Waals surface area contributed by atoms with Crippen molar-refractivity contribution in [2.45, 2.75) is 26.7 Å². The summed E-state index contributed by atoms with van der Waals surface area (Å²) in [5.41, 5.74) is 3.25. The monoisotopic (exact) mass is 297 g/mol. The summed E-state index contributed by atoms with van der Waals surface area (Å²) in [5.74, 6) is 1.51. The molecule has 0 spiro atoms. The molecule has 22 heavy (non-hydrogen) atoms. The molecule has 0 fully saturated rings. The van der Waals surface area contributed by atoms with Crippen LogP contribution >= 0.6 is 0 Å². The van der Waals surface area contributed by atoms with Crippen LogP contribution in [0, 0.1) is 0 Å². The van der Waals surface area contributed by atoms with Gasteiger partial charge < -0.3 is 9.47 Å². The first-order valence-corrected chi connectivity index (χ1v) is 7.70. The van der Waals surface area contributed by atoms with E-state index in [1.807, 2.05) is 36.5 Å². The van der Waals surface area contributed by atoms with Crippen molar-refractivity contribution < 1.29 is 9.47 Å². The lowest BCUT2D eigenvalue weighted by Gasteiger charge is -2.10. The summed E-state index contributed by atoms with van der Waals surface area (Å²) in [7, 11) is 1.65. The number of rotatable bonds is 7. The number of ether oxygens (including phenoxy) is 2. The molecular formula is C19H23NO2. The van der Waals surface area contributed by atoms with E-state index >= 15 is 0 Å². The molecule has 116 valence electrons. The maximum absolute atomic E-state index is 5.65. The Kier molecular flexibility index (Phi) is 6.01. The van der Waals surface area contributed by atoms with Crippen LogP contribution in [0.2, 0.25) is 0 Å². The van der Waals surface area contributed by atoms with Gasteiger partial charge >= 0.3 is 0 Å². The topological polar surface area (TPSA) is 30.8 Å². The molecule has 0 aromatic heterocycles. The Morgan fingerprint density at radius 2 is 1.77 bits per heavy atom. The smallest absolute Gasteiger partial charge is 0.161 e. The predicted octanol–water partition coefficient (Wildman–Crippen LogP) is 4.80. The summed E-state index contributed by atoms with van der Waals surface area (Å²) >= 11 is 0. The highest BCUT2D eigenvalue weighted by molar-refractivity contribution is 5.83. The molecule has 3 heteroatoms. The number of hydrogen-bond donors (Lipinski definition) is 0. The third-order valence-electron chi connectivity index (χ3n) is 3.36. The second-order valence-electron chi connectivity index (χ2n) is 5.04. The Morgan fingerprint density at radius 1 is 1.00 bits per heavy atom. The highest BCUT2D eigenvalue weighted by atomic mass is 16.5. The zero-order valence-electron chi connectivity index (χ0n) is 13.5. The molecule has 0 aliphatic rings. The van der Waals surface area contributed by atoms with Crippen LogP contribution in [0.5, 0.6) is 11.5 Å². The van der Waals surface area contributed by atoms with Crippen molar-refractivity contribution >= 4 is 11.9 Å². The lowest BCUT2D eigenvalue weighted by atomic mass is 10.1. The minimum atomic E-state index is 0.688. The molecule has 3 nitrogen and oxygen atoms in total. The zero-order valence-corrected chi connectivity index (χ0v) is 13.5. The van der Waals surface area contributed by atoms with Crippen molar-refractivity contribution in [2.75, 3.05) is 13.7 Å². The molecule has 0 aliphatic carbocycles. The van der Waals surface area contributed by atoms with Gasteiger partial charge in [0.05, 0.1) is 19.4 Å². The van der Waals surface area contributed by atoms with Crippen LogP contribution in [-0.2, 0) is 6.42 Å². The van der Waals surface area contributed by atoms with Gasteiger partial charge in [0.2, 0.25) is 0 Å². The number of benzene rings is 2. The lowest BCUT2D eigenvalue weighted by molar-refractivity contribution is 0.294. The van der Waals surface area contributed by atoms with E-state index in [0.29, 0.717) is 6.61 Å². The fourth-order valence-corrected chi connectivity index (χ4v) is 2.06. The van der Waals surface area contributed by atoms with Gasteiger partial charge in [-0.15, -0.1) is 0 Å². The van der Waals surface area contributed by atoms with Crippen molar-refractivity contribution in [3.8, 4) is 11.5 Å². The minimum absolute atomic E-state index is 0.688. The first-order valence-electron chi connectivity index (χ1n) is 7.70. The fraction of sp³-hybridized carbons (Fsp3) is 0.316. The van der Waals surface area contributed by atoms with Gasteiger partial charge in [0.15, 0.2) is 11.5 Å². The normalized spacial score (nSPS) is 10.9. The largest absolute Gasteiger partial charge is 0.493 e. The van der Waals surface area contributed by atoms with Crippen molar-refractivity contribution in [3.05, 3.63) is 53.6 Å². The van der Waals surface area contributed by atoms with Crippen LogP contribution in [0.4, 0.5) is 5.69 Å². The van der Waals surface area contributed by atoms with Crippen molar-refractivity contribution in [1.82, 2.24) is 0 Å². The molecular weight excluding hydrogens is 274 g/mol. The summed E-state index contributed by atoms with van der Waals surface area (Å²) in [6, 6.07) is 14.1. The van der Waals surface area contributed by atoms with Crippen LogP contribution in [0.3, 0.4) is 0 Å². The van der Waals surface area contributed by atoms with Gasteiger partial charge in [-0.2, -0.15) is 0 Å². The van der Waals surface area contributed by atoms with E-state index in [4.69, 9.17) is 9.47 Å². The van der Waals surface area contributed by atoms with E-state index in [1.54, 1.807) is 7.11 Å². The first-order chi connectivity index (χ1) is 10.8. The van der Waals surface area contributed by atoms with Crippen LogP contribution in [0.15, 0.2) is 47.5 Å². The van der Waals surface area contributed by atoms with Gasteiger partial charge in [0.1, 0.15) is 0 Å². The quantitative estimate of drug-likeness (QED) is 0.687. The van der Waals surface area contributed by atoms with Gasteiger partial charge in [0.25, 0.3) is 0 Å². The Labute approximate surface area is 132 Å². The Hall–Kier alpha value is -2.29. The van der Waals surface area contributed by atoms with Crippen molar-refractivity contribution in [2.24, 2.45) is 4.99 Å². The van der Waals surface area contributed by atoms with E-state index in [-0.39, 0.29) is 0 Å². The Morgan fingerprint density at radius 3 is 2.41 bits per heavy atom. The predicted molar refractivity (Wildman–Crippen MR) is 91.9 cm³/mol. The molecule has 2 aromatic rings. The highest BCUT2D eigenvalue weighted by Gasteiger charge is 2.04. The van der Waals surface area contributed by atoms with Gasteiger partial charge in [0, 0.05) is 6.21 Å². The molecule has 0 aliphatic heterocycles. The average molecular weight is 297 g/mol. The first kappa shape index (κ1) is 16.1. The number of nitrogens with zero attached hydrogens (tertiary/aromatic N) is 1. The van der Waals surface area contributed by atoms with Gasteiger partial charge in [-0.3, -0.25) is 4.99 Å². The SMILES string of the molecule is CCCOc1ccc(C=Nc2ccc(CC)cc2)cc1OC. The minimum Gasteiger partial charge on any atom is -0.493 e. The van der Waals surface area contributed by atoms with Crippen LogP contribution in [0.1, 0.15) is 31.4 Å². The molecule has 0 radical (unpaired) electrons. The fourth-order valence-electron chi connectivity index (χ4n) is 2.06. The van der Waals surface area contributed by atoms with E-state index < -0.39 is 0 Å². The molecule has 0 heterocycles. The molecule has 0 amide bonds. The van der Waals surface area contributed by atoms with Crippen molar-refractivity contribution in [1.29, 1.82) is 0 Å². The zero-order chi connectivity index (χ0) is 15.8. The van der Waals surface area contributed by atoms with E-state index in [9.17, 15) is 0 Å². The maximum atomic E-state index is 5.65. The van der Waals surface area contributed by atoms with Gasteiger partial charge in [-0.25, -0.2) is 0 Å². The molecule has 0 saturated carbocycles. The molecule has 0 atom stereocenters. The Bertz CT molecular complexity index is 618. The standard InChI is InChI=1S/C19H23NO2/c1-4-12-22-18-11-8-16(13-19(18)21-3)14-20-17-9-6-15(5-2)7-10-17/h6-11,13-14H,4-5,12H2,1-3H3. The summed E-state index contributed by atoms with van der Waals surface area (Å²) in [5, 5.41) is 0. The molecule has 2 rings (SSSR count). The van der Waals surface area contributed by atoms with E-state index in [0.717, 1.165) is 35.6 Å². The van der Waals surface area contributed by atoms with E-state index in [1.165, 1.54) is 5.56 Å². The average Bonchev–Trinajstić information content (AvgIpc) is 2.58. The van der Waals surface area contributed by atoms with Crippen LogP contribution < -0.4 is 9.47 Å². The van der Waals surface area contributed by atoms with Crippen LogP contribution in [-0.4, -0.2) is 19.9 Å². The van der Waals surface area contributed by atoms with Gasteiger partial charge in [-0.1, -0.05) is 26.0 Å². The summed E-state index contributed by atoms with van der Waals surface area (Å²) in [4.78, 5) is 4.50.